The molecule has 0 unspecified atom stereocenters. The van der Waals surface area contributed by atoms with Gasteiger partial charge in [0.2, 0.25) is 47.3 Å². The smallest absolute Gasteiger partial charge is 0.326 e. The highest BCUT2D eigenvalue weighted by Gasteiger charge is 2.46. The van der Waals surface area contributed by atoms with Gasteiger partial charge in [-0.3, -0.25) is 38.4 Å². The van der Waals surface area contributed by atoms with Crippen LogP contribution in [0.5, 0.6) is 0 Å². The number of carbonyl (C=O) groups excluding carboxylic acids is 8. The second kappa shape index (κ2) is 43.6. The lowest BCUT2D eigenvalue weighted by molar-refractivity contribution is -0.148. The van der Waals surface area contributed by atoms with Crippen LogP contribution in [0.4, 0.5) is 0 Å². The van der Waals surface area contributed by atoms with E-state index in [1.807, 2.05) is 144 Å². The van der Waals surface area contributed by atoms with Crippen molar-refractivity contribution in [3.05, 3.63) is 71.8 Å². The second-order valence-corrected chi connectivity index (χ2v) is 29.8. The molecule has 25 nitrogen and oxygen atoms in total. The standard InChI is InChI=1S/C39H65N5O8.C38H65N5O7/c1-12-25(6)34(43(9)38(48)33(24(4)5)42-37(47)32(40-8)23(2)3)30(51-10)22-31(45)44-20-16-19-29(44)35(52-11)26(7)36(46)41-28(39(49)50)21-27-17-14-13-15-18-27;1-22(2)31(39-9)37(47)41-32(23(3)4)38(48)42(10)33(24(5)6)29(49-11)21-30(44)43-20-16-19-28(43)35(50-12)25(7)36(46)40-26(8)34(45)27-17-14-13-15-18-27/h13-15,17-18,23-26,28-30,32-35,40H,12,16,19-22H2,1-11H3,(H,41,46)(H,42,47)(H,49,50);13-15,17-18,22-26,28-29,31-35,39,45H,16,19-21H2,1-12H3,(H,40,46)(H,41,47)/t25-,26+,28-,29-,30+,32-,33-,34-,35+;25-,26-,28+,29-,31+,32+,33+,34-,35-/m01/s1. The minimum absolute atomic E-state index is 0.0112. The molecular weight excluding hydrogens is 1300 g/mol. The lowest BCUT2D eigenvalue weighted by Crippen LogP contribution is -2.59. The summed E-state index contributed by atoms with van der Waals surface area (Å²) >= 11 is 0. The summed E-state index contributed by atoms with van der Waals surface area (Å²) in [5.74, 6) is -4.96. The van der Waals surface area contributed by atoms with Crippen molar-refractivity contribution in [1.29, 1.82) is 0 Å². The van der Waals surface area contributed by atoms with Gasteiger partial charge in [-0.1, -0.05) is 164 Å². The average Bonchev–Trinajstić information content (AvgIpc) is 1.49. The zero-order chi connectivity index (χ0) is 77.2. The highest BCUT2D eigenvalue weighted by Crippen LogP contribution is 2.32. The molecule has 0 bridgehead atoms. The molecule has 8 N–H and O–H groups in total. The number of likely N-dealkylation sites (N-methyl/N-ethyl adjacent to an activating group) is 4. The second-order valence-electron chi connectivity index (χ2n) is 29.8. The van der Waals surface area contributed by atoms with E-state index in [0.717, 1.165) is 18.4 Å². The number of amides is 8. The highest BCUT2D eigenvalue weighted by molar-refractivity contribution is 5.91. The number of nitrogens with one attached hydrogen (secondary N) is 6. The minimum Gasteiger partial charge on any atom is -0.480 e. The molecule has 2 aliphatic rings. The number of aliphatic hydroxyl groups excluding tert-OH is 1. The van der Waals surface area contributed by atoms with Gasteiger partial charge in [0.25, 0.3) is 0 Å². The number of aliphatic carboxylic acids is 1. The fourth-order valence-electron chi connectivity index (χ4n) is 14.7. The van der Waals surface area contributed by atoms with Gasteiger partial charge in [0, 0.05) is 62.0 Å². The van der Waals surface area contributed by atoms with Gasteiger partial charge in [0.1, 0.15) is 18.1 Å². The number of rotatable bonds is 40. The van der Waals surface area contributed by atoms with Crippen LogP contribution in [-0.2, 0) is 68.5 Å². The van der Waals surface area contributed by atoms with Crippen molar-refractivity contribution >= 4 is 53.2 Å². The van der Waals surface area contributed by atoms with Gasteiger partial charge in [0.05, 0.1) is 97.5 Å². The molecule has 0 aliphatic carbocycles. The lowest BCUT2D eigenvalue weighted by atomic mass is 9.89. The summed E-state index contributed by atoms with van der Waals surface area (Å²) in [4.78, 5) is 128. The Hall–Kier alpha value is -6.61. The maximum atomic E-state index is 14.1. The molecule has 0 saturated carbocycles. The van der Waals surface area contributed by atoms with Crippen LogP contribution in [0.25, 0.3) is 0 Å². The van der Waals surface area contributed by atoms with Gasteiger partial charge < -0.3 is 80.7 Å². The average molecular weight is 1440 g/mol. The van der Waals surface area contributed by atoms with E-state index in [9.17, 15) is 53.4 Å². The first-order valence-corrected chi connectivity index (χ1v) is 36.8. The number of hydrogen-bond donors (Lipinski definition) is 8. The van der Waals surface area contributed by atoms with Crippen LogP contribution in [0.3, 0.4) is 0 Å². The van der Waals surface area contributed by atoms with Crippen LogP contribution in [0.2, 0.25) is 0 Å². The van der Waals surface area contributed by atoms with Crippen molar-refractivity contribution < 1.29 is 72.3 Å². The van der Waals surface area contributed by atoms with E-state index in [0.29, 0.717) is 37.9 Å². The van der Waals surface area contributed by atoms with Crippen LogP contribution in [0.15, 0.2) is 60.7 Å². The van der Waals surface area contributed by atoms with E-state index in [1.165, 1.54) is 14.2 Å². The Bertz CT molecular complexity index is 2920. The molecule has 25 heteroatoms. The monoisotopic (exact) mass is 1430 g/mol. The van der Waals surface area contributed by atoms with Crippen LogP contribution < -0.4 is 31.9 Å². The molecular formula is C77H130N10O15. The number of carbonyl (C=O) groups is 9. The lowest BCUT2D eigenvalue weighted by Gasteiger charge is -2.41. The summed E-state index contributed by atoms with van der Waals surface area (Å²) in [5, 5.41) is 38.3. The van der Waals surface area contributed by atoms with Crippen molar-refractivity contribution in [1.82, 2.24) is 51.5 Å². The zero-order valence-electron chi connectivity index (χ0n) is 65.6. The summed E-state index contributed by atoms with van der Waals surface area (Å²) in [6.07, 6.45) is 0.211. The summed E-state index contributed by atoms with van der Waals surface area (Å²) in [6, 6.07) is 12.5. The van der Waals surface area contributed by atoms with Gasteiger partial charge in [-0.15, -0.1) is 0 Å². The third-order valence-corrected chi connectivity index (χ3v) is 20.8. The molecule has 0 spiro atoms. The van der Waals surface area contributed by atoms with Gasteiger partial charge in [-0.05, 0) is 93.3 Å². The summed E-state index contributed by atoms with van der Waals surface area (Å²) in [5.41, 5.74) is 1.49. The van der Waals surface area contributed by atoms with Crippen LogP contribution in [0.1, 0.15) is 166 Å². The Morgan fingerprint density at radius 2 is 0.892 bits per heavy atom. The first-order valence-electron chi connectivity index (χ1n) is 36.8. The number of carboxylic acid groups (broad SMARTS) is 1. The maximum absolute atomic E-state index is 14.1. The summed E-state index contributed by atoms with van der Waals surface area (Å²) < 4.78 is 23.7. The number of nitrogens with zero attached hydrogens (tertiary/aromatic N) is 4. The number of ether oxygens (including phenoxy) is 4. The Morgan fingerprint density at radius 1 is 0.510 bits per heavy atom. The largest absolute Gasteiger partial charge is 0.480 e. The van der Waals surface area contributed by atoms with E-state index in [2.05, 4.69) is 31.9 Å². The van der Waals surface area contributed by atoms with Crippen molar-refractivity contribution in [2.24, 2.45) is 47.3 Å². The molecule has 2 aliphatic heterocycles. The molecule has 0 aromatic heterocycles. The van der Waals surface area contributed by atoms with Gasteiger partial charge in [0.15, 0.2) is 0 Å². The topological polar surface area (TPSA) is 316 Å². The third kappa shape index (κ3) is 24.8. The normalized spacial score (nSPS) is 19.5. The van der Waals surface area contributed by atoms with Crippen molar-refractivity contribution in [3.63, 3.8) is 0 Å². The SMILES string of the molecule is CC[C@H](C)[C@@H]([C@@H](CC(=O)N1CCC[C@H]1[C@H](OC)[C@@H](C)C(=O)N[C@@H](Cc1ccccc1)C(=O)O)OC)N(C)C(=O)[C@@H](NC(=O)[C@@H](NC)C(C)C)C(C)C.CN[C@H](C(=O)N[C@H](C(=O)N(C)[C@@H](C(C)C)[C@@H](CC(=O)N1CCC[C@H]1[C@H](OC)[C@@H](C)C(=O)N[C@H](C)[C@@H](O)c1ccccc1)OC)C(C)C)C(C)C. The molecule has 2 fully saturated rings. The van der Waals surface area contributed by atoms with E-state index in [1.54, 1.807) is 82.8 Å². The summed E-state index contributed by atoms with van der Waals surface area (Å²) in [7, 11) is 13.0. The van der Waals surface area contributed by atoms with Crippen LogP contribution >= 0.6 is 0 Å². The number of hydrogen-bond acceptors (Lipinski definition) is 16. The number of carboxylic acids is 1. The molecule has 4 rings (SSSR count). The van der Waals surface area contributed by atoms with Gasteiger partial charge >= 0.3 is 5.97 Å². The van der Waals surface area contributed by atoms with Gasteiger partial charge in [-0.2, -0.15) is 0 Å². The summed E-state index contributed by atoms with van der Waals surface area (Å²) in [6.45, 7) is 29.6. The Balaban J connectivity index is 0.000000531. The number of aliphatic hydroxyl groups is 1. The molecule has 578 valence electrons. The Kier molecular flexibility index (Phi) is 38.3. The number of methoxy groups -OCH3 is 4. The van der Waals surface area contributed by atoms with Gasteiger partial charge in [-0.25, -0.2) is 4.79 Å². The van der Waals surface area contributed by atoms with E-state index in [4.69, 9.17) is 18.9 Å². The van der Waals surface area contributed by atoms with E-state index >= 15 is 0 Å². The maximum Gasteiger partial charge on any atom is 0.326 e. The fraction of sp³-hybridized carbons (Fsp3) is 0.727. The van der Waals surface area contributed by atoms with E-state index < -0.39 is 109 Å². The molecule has 8 amide bonds. The molecule has 2 aromatic carbocycles. The Labute approximate surface area is 609 Å². The predicted molar refractivity (Wildman–Crippen MR) is 395 cm³/mol. The highest BCUT2D eigenvalue weighted by atomic mass is 16.5. The molecule has 2 aromatic rings. The van der Waals surface area contributed by atoms with E-state index in [-0.39, 0.29) is 102 Å². The fourth-order valence-corrected chi connectivity index (χ4v) is 14.7. The van der Waals surface area contributed by atoms with Crippen molar-refractivity contribution in [3.8, 4) is 0 Å². The number of likely N-dealkylation sites (tertiary alicyclic amines) is 2. The van der Waals surface area contributed by atoms with Crippen molar-refractivity contribution in [2.45, 2.75) is 246 Å². The molecule has 18 atom stereocenters. The zero-order valence-corrected chi connectivity index (χ0v) is 65.6. The molecule has 102 heavy (non-hydrogen) atoms. The van der Waals surface area contributed by atoms with Crippen LogP contribution in [-0.4, -0.2) is 238 Å². The quantitative estimate of drug-likeness (QED) is 0.0366. The molecule has 2 heterocycles. The Morgan fingerprint density at radius 3 is 1.25 bits per heavy atom. The third-order valence-electron chi connectivity index (χ3n) is 20.8. The predicted octanol–water partition coefficient (Wildman–Crippen LogP) is 6.24. The minimum atomic E-state index is -1.14. The first kappa shape index (κ1) is 89.6. The van der Waals surface area contributed by atoms with Crippen molar-refractivity contribution in [2.75, 3.05) is 69.7 Å². The molecule has 0 radical (unpaired) electrons. The van der Waals surface area contributed by atoms with Crippen LogP contribution in [0, 0.1) is 47.3 Å². The number of benzene rings is 2. The molecule has 2 saturated heterocycles. The first-order chi connectivity index (χ1) is 48.0.